The number of nitrogens with zero attached hydrogens (tertiary/aromatic N) is 3. The summed E-state index contributed by atoms with van der Waals surface area (Å²) in [5.74, 6) is 3.53. The van der Waals surface area contributed by atoms with Gasteiger partial charge in [0.15, 0.2) is 28.9 Å². The second-order valence-corrected chi connectivity index (χ2v) is 8.79. The van der Waals surface area contributed by atoms with Crippen molar-refractivity contribution in [1.29, 1.82) is 0 Å². The molecule has 13 nitrogen and oxygen atoms in total. The number of thioether (sulfide) groups is 1. The van der Waals surface area contributed by atoms with Gasteiger partial charge in [0.05, 0.1) is 11.9 Å². The molecule has 36 heavy (non-hydrogen) atoms. The van der Waals surface area contributed by atoms with Gasteiger partial charge in [-0.2, -0.15) is 0 Å². The van der Waals surface area contributed by atoms with Crippen molar-refractivity contribution in [2.45, 2.75) is 62.7 Å². The Hall–Kier alpha value is -3.65. The molecular formula is C22H26N4O9S. The number of esters is 4. The average Bonchev–Trinajstić information content (AvgIpc) is 3.16. The van der Waals surface area contributed by atoms with E-state index >= 15 is 0 Å². The van der Waals surface area contributed by atoms with E-state index < -0.39 is 53.7 Å². The zero-order chi connectivity index (χ0) is 26.4. The highest BCUT2D eigenvalue weighted by Gasteiger charge is 2.52. The van der Waals surface area contributed by atoms with Gasteiger partial charge in [0.2, 0.25) is 0 Å². The fourth-order valence-corrected chi connectivity index (χ4v) is 4.62. The number of imidazole rings is 1. The summed E-state index contributed by atoms with van der Waals surface area (Å²) in [4.78, 5) is 55.6. The van der Waals surface area contributed by atoms with Crippen LogP contribution in [0.3, 0.4) is 0 Å². The topological polar surface area (TPSA) is 171 Å². The van der Waals surface area contributed by atoms with Gasteiger partial charge in [-0.3, -0.25) is 24.2 Å². The SMILES string of the molecule is CC(=O)OC[C@H]1O[C@@H](Sc2ncc(-c3cccnc3)n2N)[C@H](OC(C)=O)[C@@H](OC(C)=O)[C@@H]1OC(C)=O. The number of hydrogen-bond acceptors (Lipinski definition) is 13. The van der Waals surface area contributed by atoms with Crippen LogP contribution in [-0.2, 0) is 42.9 Å². The molecule has 3 rings (SSSR count). The van der Waals surface area contributed by atoms with Crippen LogP contribution in [0.2, 0.25) is 0 Å². The summed E-state index contributed by atoms with van der Waals surface area (Å²) in [6, 6.07) is 3.55. The molecule has 0 unspecified atom stereocenters. The molecule has 0 aliphatic carbocycles. The number of aromatic nitrogens is 3. The number of ether oxygens (including phenoxy) is 5. The first kappa shape index (κ1) is 26.9. The Morgan fingerprint density at radius 2 is 1.61 bits per heavy atom. The fraction of sp³-hybridized carbons (Fsp3) is 0.455. The van der Waals surface area contributed by atoms with Crippen LogP contribution >= 0.6 is 11.8 Å². The van der Waals surface area contributed by atoms with Crippen molar-refractivity contribution in [2.75, 3.05) is 12.4 Å². The molecule has 0 aromatic carbocycles. The minimum atomic E-state index is -1.28. The lowest BCUT2D eigenvalue weighted by Crippen LogP contribution is -2.61. The van der Waals surface area contributed by atoms with Gasteiger partial charge in [0, 0.05) is 45.7 Å². The van der Waals surface area contributed by atoms with E-state index in [0.717, 1.165) is 25.6 Å². The highest BCUT2D eigenvalue weighted by Crippen LogP contribution is 2.37. The minimum Gasteiger partial charge on any atom is -0.463 e. The fourth-order valence-electron chi connectivity index (χ4n) is 3.55. The molecule has 0 radical (unpaired) electrons. The number of carbonyl (C=O) groups is 4. The third-order valence-corrected chi connectivity index (χ3v) is 6.01. The Morgan fingerprint density at radius 3 is 2.19 bits per heavy atom. The summed E-state index contributed by atoms with van der Waals surface area (Å²) in [6.07, 6.45) is -0.0448. The van der Waals surface area contributed by atoms with E-state index in [2.05, 4.69) is 9.97 Å². The highest BCUT2D eigenvalue weighted by molar-refractivity contribution is 7.99. The lowest BCUT2D eigenvalue weighted by molar-refractivity contribution is -0.237. The molecule has 2 aromatic heterocycles. The largest absolute Gasteiger partial charge is 0.463 e. The molecule has 5 atom stereocenters. The second kappa shape index (κ2) is 11.9. The van der Waals surface area contributed by atoms with E-state index in [1.54, 1.807) is 24.5 Å². The van der Waals surface area contributed by atoms with Gasteiger partial charge in [0.25, 0.3) is 0 Å². The van der Waals surface area contributed by atoms with E-state index in [9.17, 15) is 19.2 Å². The van der Waals surface area contributed by atoms with Gasteiger partial charge in [-0.15, -0.1) is 0 Å². The van der Waals surface area contributed by atoms with Crippen LogP contribution in [0.4, 0.5) is 0 Å². The summed E-state index contributed by atoms with van der Waals surface area (Å²) in [7, 11) is 0. The average molecular weight is 523 g/mol. The van der Waals surface area contributed by atoms with Crippen LogP contribution < -0.4 is 5.84 Å². The van der Waals surface area contributed by atoms with Gasteiger partial charge >= 0.3 is 23.9 Å². The molecule has 2 aromatic rings. The smallest absolute Gasteiger partial charge is 0.303 e. The van der Waals surface area contributed by atoms with Crippen molar-refractivity contribution in [3.05, 3.63) is 30.7 Å². The molecule has 1 aliphatic heterocycles. The number of nitrogens with two attached hydrogens (primary N) is 1. The van der Waals surface area contributed by atoms with E-state index in [0.29, 0.717) is 11.3 Å². The molecule has 0 spiro atoms. The predicted octanol–water partition coefficient (Wildman–Crippen LogP) is 0.834. The maximum atomic E-state index is 12.0. The van der Waals surface area contributed by atoms with Crippen molar-refractivity contribution in [1.82, 2.24) is 14.6 Å². The molecule has 3 heterocycles. The van der Waals surface area contributed by atoms with Gasteiger partial charge in [-0.1, -0.05) is 11.8 Å². The molecule has 2 N–H and O–H groups in total. The van der Waals surface area contributed by atoms with E-state index in [1.165, 1.54) is 24.7 Å². The normalized spacial score (nSPS) is 23.4. The summed E-state index contributed by atoms with van der Waals surface area (Å²) in [5, 5.41) is 0.273. The Bertz CT molecular complexity index is 1110. The Morgan fingerprint density at radius 1 is 0.972 bits per heavy atom. The van der Waals surface area contributed by atoms with Gasteiger partial charge in [0.1, 0.15) is 12.7 Å². The number of nitrogen functional groups attached to an aromatic ring is 1. The molecule has 0 saturated carbocycles. The third kappa shape index (κ3) is 6.73. The van der Waals surface area contributed by atoms with E-state index in [-0.39, 0.29) is 11.8 Å². The lowest BCUT2D eigenvalue weighted by Gasteiger charge is -2.43. The molecule has 0 bridgehead atoms. The minimum absolute atomic E-state index is 0.273. The van der Waals surface area contributed by atoms with Crippen LogP contribution in [0.15, 0.2) is 35.9 Å². The molecule has 1 saturated heterocycles. The van der Waals surface area contributed by atoms with Gasteiger partial charge in [-0.05, 0) is 12.1 Å². The van der Waals surface area contributed by atoms with Crippen molar-refractivity contribution in [3.63, 3.8) is 0 Å². The number of rotatable bonds is 8. The van der Waals surface area contributed by atoms with Crippen LogP contribution in [-0.4, -0.2) is 75.0 Å². The van der Waals surface area contributed by atoms with Crippen LogP contribution in [0, 0.1) is 0 Å². The first-order valence-electron chi connectivity index (χ1n) is 10.8. The number of hydrogen-bond donors (Lipinski definition) is 1. The molecule has 1 aliphatic rings. The molecule has 0 amide bonds. The zero-order valence-corrected chi connectivity index (χ0v) is 20.8. The number of carbonyl (C=O) groups excluding carboxylic acids is 4. The first-order chi connectivity index (χ1) is 17.1. The Balaban J connectivity index is 1.99. The highest BCUT2D eigenvalue weighted by atomic mass is 32.2. The lowest BCUT2D eigenvalue weighted by atomic mass is 9.99. The standard InChI is InChI=1S/C22H26N4O9S/c1-11(27)31-10-17-18(32-12(2)28)19(33-13(3)29)20(34-14(4)30)21(35-17)36-22-25-9-16(26(22)23)15-6-5-7-24-8-15/h5-9,17-21H,10,23H2,1-4H3/t17-,18-,19+,20-,21+/m1/s1. The summed E-state index contributed by atoms with van der Waals surface area (Å²) in [6.45, 7) is 4.35. The van der Waals surface area contributed by atoms with Gasteiger partial charge in [-0.25, -0.2) is 9.66 Å². The molecular weight excluding hydrogens is 496 g/mol. The quantitative estimate of drug-likeness (QED) is 0.294. The Labute approximate surface area is 210 Å². The second-order valence-electron chi connectivity index (χ2n) is 7.72. The number of pyridine rings is 1. The first-order valence-corrected chi connectivity index (χ1v) is 11.6. The van der Waals surface area contributed by atoms with Crippen LogP contribution in [0.5, 0.6) is 0 Å². The Kier molecular flexibility index (Phi) is 8.88. The molecule has 14 heteroatoms. The maximum absolute atomic E-state index is 12.0. The summed E-state index contributed by atoms with van der Waals surface area (Å²) >= 11 is 0.981. The van der Waals surface area contributed by atoms with E-state index in [1.807, 2.05) is 0 Å². The van der Waals surface area contributed by atoms with E-state index in [4.69, 9.17) is 29.5 Å². The molecule has 1 fully saturated rings. The van der Waals surface area contributed by atoms with Crippen LogP contribution in [0.25, 0.3) is 11.3 Å². The maximum Gasteiger partial charge on any atom is 0.303 e. The zero-order valence-electron chi connectivity index (χ0n) is 20.0. The summed E-state index contributed by atoms with van der Waals surface area (Å²) in [5.41, 5.74) is 0.217. The van der Waals surface area contributed by atoms with Crippen molar-refractivity contribution in [3.8, 4) is 11.3 Å². The summed E-state index contributed by atoms with van der Waals surface area (Å²) < 4.78 is 28.7. The predicted molar refractivity (Wildman–Crippen MR) is 123 cm³/mol. The van der Waals surface area contributed by atoms with Crippen molar-refractivity contribution in [2.24, 2.45) is 0 Å². The van der Waals surface area contributed by atoms with Crippen molar-refractivity contribution >= 4 is 35.6 Å². The third-order valence-electron chi connectivity index (χ3n) is 4.89. The monoisotopic (exact) mass is 522 g/mol. The van der Waals surface area contributed by atoms with Crippen molar-refractivity contribution < 1.29 is 42.9 Å². The van der Waals surface area contributed by atoms with Crippen LogP contribution in [0.1, 0.15) is 27.7 Å². The van der Waals surface area contributed by atoms with Gasteiger partial charge < -0.3 is 29.5 Å². The molecule has 194 valence electrons.